The topological polar surface area (TPSA) is 41.8 Å². The number of piperazine rings is 1. The number of rotatable bonds is 3. The van der Waals surface area contributed by atoms with Gasteiger partial charge in [0.1, 0.15) is 0 Å². The number of para-hydroxylation sites is 1. The van der Waals surface area contributed by atoms with Crippen LogP contribution in [-0.2, 0) is 10.0 Å². The third-order valence-electron chi connectivity index (χ3n) is 3.96. The second-order valence-corrected chi connectivity index (χ2v) is 7.24. The summed E-state index contributed by atoms with van der Waals surface area (Å²) in [4.78, 5) is 1.29. The van der Waals surface area contributed by atoms with Crippen LogP contribution in [0.1, 0.15) is 0 Å². The van der Waals surface area contributed by atoms with Gasteiger partial charge in [0.25, 0.3) is 0 Å². The fraction of sp³-hybridized carbons (Fsp3) is 0.250. The second-order valence-electron chi connectivity index (χ2n) is 5.30. The Kier molecular flexibility index (Phi) is 4.24. The highest BCUT2D eigenvalue weighted by Gasteiger charge is 2.31. The van der Waals surface area contributed by atoms with Gasteiger partial charge in [-0.3, -0.25) is 4.90 Å². The van der Waals surface area contributed by atoms with Gasteiger partial charge in [0, 0.05) is 6.07 Å². The van der Waals surface area contributed by atoms with E-state index in [-0.39, 0.29) is 5.82 Å². The Balaban J connectivity index is 1.74. The minimum absolute atomic E-state index is 0.239. The zero-order chi connectivity index (χ0) is 15.6. The third-order valence-corrected chi connectivity index (χ3v) is 5.87. The van der Waals surface area contributed by atoms with Crippen molar-refractivity contribution in [3.05, 3.63) is 60.4 Å². The Bertz CT molecular complexity index is 742. The molecule has 0 spiro atoms. The van der Waals surface area contributed by atoms with Crippen molar-refractivity contribution in [2.24, 2.45) is 0 Å². The molecule has 22 heavy (non-hydrogen) atoms. The minimum atomic E-state index is -3.45. The van der Waals surface area contributed by atoms with Crippen LogP contribution in [0, 0.1) is 5.82 Å². The minimum Gasteiger partial charge on any atom is -0.298 e. The first-order valence-corrected chi connectivity index (χ1v) is 8.68. The van der Waals surface area contributed by atoms with E-state index in [1.165, 1.54) is 10.4 Å². The molecule has 0 amide bonds. The van der Waals surface area contributed by atoms with Crippen molar-refractivity contribution < 1.29 is 17.7 Å². The molecule has 116 valence electrons. The Labute approximate surface area is 129 Å². The summed E-state index contributed by atoms with van der Waals surface area (Å²) in [6.45, 7) is 1.90. The summed E-state index contributed by atoms with van der Waals surface area (Å²) >= 11 is 0. The molecule has 0 atom stereocenters. The average Bonchev–Trinajstić information content (AvgIpc) is 2.56. The molecule has 2 aromatic carbocycles. The molecular weight excluding hydrogens is 303 g/mol. The van der Waals surface area contributed by atoms with Crippen LogP contribution in [0.4, 0.5) is 10.1 Å². The van der Waals surface area contributed by atoms with Crippen LogP contribution in [0.25, 0.3) is 0 Å². The summed E-state index contributed by atoms with van der Waals surface area (Å²) in [7, 11) is -3.45. The van der Waals surface area contributed by atoms with Gasteiger partial charge in [-0.1, -0.05) is 30.3 Å². The van der Waals surface area contributed by atoms with E-state index in [2.05, 4.69) is 0 Å². The van der Waals surface area contributed by atoms with Crippen molar-refractivity contribution in [1.82, 2.24) is 4.31 Å². The smallest absolute Gasteiger partial charge is 0.243 e. The lowest BCUT2D eigenvalue weighted by Gasteiger charge is -2.31. The summed E-state index contributed by atoms with van der Waals surface area (Å²) in [6.07, 6.45) is 0. The van der Waals surface area contributed by atoms with E-state index in [0.717, 1.165) is 4.90 Å². The predicted octanol–water partition coefficient (Wildman–Crippen LogP) is 1.05. The lowest BCUT2D eigenvalue weighted by Crippen LogP contribution is -3.10. The Morgan fingerprint density at radius 3 is 2.14 bits per heavy atom. The van der Waals surface area contributed by atoms with Gasteiger partial charge in [0.2, 0.25) is 10.0 Å². The molecular formula is C16H18FN2O2S+. The summed E-state index contributed by atoms with van der Waals surface area (Å²) < 4.78 is 40.4. The molecule has 0 aromatic heterocycles. The molecule has 0 aliphatic carbocycles. The number of nitrogens with zero attached hydrogens (tertiary/aromatic N) is 1. The van der Waals surface area contributed by atoms with Gasteiger partial charge in [0.15, 0.2) is 11.5 Å². The van der Waals surface area contributed by atoms with Crippen molar-refractivity contribution in [3.63, 3.8) is 0 Å². The van der Waals surface area contributed by atoms with Gasteiger partial charge in [-0.05, 0) is 18.2 Å². The maximum absolute atomic E-state index is 13.8. The first-order chi connectivity index (χ1) is 10.6. The van der Waals surface area contributed by atoms with E-state index in [9.17, 15) is 12.8 Å². The fourth-order valence-corrected chi connectivity index (χ4v) is 4.22. The average molecular weight is 321 g/mol. The fourth-order valence-electron chi connectivity index (χ4n) is 2.76. The first kappa shape index (κ1) is 15.1. The zero-order valence-corrected chi connectivity index (χ0v) is 12.9. The normalized spacial score (nSPS) is 17.5. The highest BCUT2D eigenvalue weighted by molar-refractivity contribution is 7.89. The van der Waals surface area contributed by atoms with Crippen molar-refractivity contribution in [3.8, 4) is 0 Å². The van der Waals surface area contributed by atoms with Gasteiger partial charge in [-0.25, -0.2) is 12.8 Å². The van der Waals surface area contributed by atoms with Crippen LogP contribution in [-0.4, -0.2) is 38.9 Å². The van der Waals surface area contributed by atoms with Gasteiger partial charge >= 0.3 is 0 Å². The van der Waals surface area contributed by atoms with Gasteiger partial charge < -0.3 is 0 Å². The number of sulfonamides is 1. The molecule has 1 aliphatic rings. The molecule has 0 saturated carbocycles. The quantitative estimate of drug-likeness (QED) is 0.918. The van der Waals surface area contributed by atoms with E-state index < -0.39 is 10.0 Å². The monoisotopic (exact) mass is 321 g/mol. The molecule has 0 bridgehead atoms. The molecule has 2 aromatic rings. The molecule has 1 aliphatic heterocycles. The molecule has 3 rings (SSSR count). The van der Waals surface area contributed by atoms with Gasteiger partial charge in [-0.2, -0.15) is 4.31 Å². The Morgan fingerprint density at radius 1 is 0.909 bits per heavy atom. The van der Waals surface area contributed by atoms with Crippen LogP contribution in [0.3, 0.4) is 0 Å². The van der Waals surface area contributed by atoms with Crippen molar-refractivity contribution in [1.29, 1.82) is 0 Å². The van der Waals surface area contributed by atoms with Crippen LogP contribution < -0.4 is 4.90 Å². The van der Waals surface area contributed by atoms with E-state index in [4.69, 9.17) is 0 Å². The maximum atomic E-state index is 13.8. The summed E-state index contributed by atoms with van der Waals surface area (Å²) in [5.74, 6) is -0.239. The SMILES string of the molecule is O=S(=O)(c1ccccc1)N1CC[NH+](c2ccccc2F)CC1. The number of quaternary nitrogens is 1. The number of nitrogens with one attached hydrogen (secondary N) is 1. The van der Waals surface area contributed by atoms with Crippen molar-refractivity contribution in [2.75, 3.05) is 26.2 Å². The van der Waals surface area contributed by atoms with Gasteiger partial charge in [-0.15, -0.1) is 0 Å². The van der Waals surface area contributed by atoms with Crippen LogP contribution in [0.5, 0.6) is 0 Å². The highest BCUT2D eigenvalue weighted by Crippen LogP contribution is 2.15. The second kappa shape index (κ2) is 6.16. The van der Waals surface area contributed by atoms with Crippen LogP contribution in [0.15, 0.2) is 59.5 Å². The third kappa shape index (κ3) is 2.90. The van der Waals surface area contributed by atoms with Crippen LogP contribution >= 0.6 is 0 Å². The van der Waals surface area contributed by atoms with Crippen molar-refractivity contribution >= 4 is 15.7 Å². The number of benzene rings is 2. The highest BCUT2D eigenvalue weighted by atomic mass is 32.2. The van der Waals surface area contributed by atoms with Gasteiger partial charge in [0.05, 0.1) is 31.1 Å². The molecule has 1 heterocycles. The Morgan fingerprint density at radius 2 is 1.50 bits per heavy atom. The molecule has 1 N–H and O–H groups in total. The molecule has 1 fully saturated rings. The summed E-state index contributed by atoms with van der Waals surface area (Å²) in [5.41, 5.74) is 0.610. The van der Waals surface area contributed by atoms with E-state index >= 15 is 0 Å². The molecule has 6 heteroatoms. The maximum Gasteiger partial charge on any atom is 0.243 e. The lowest BCUT2D eigenvalue weighted by molar-refractivity contribution is -0.838. The zero-order valence-electron chi connectivity index (χ0n) is 12.1. The van der Waals surface area contributed by atoms with E-state index in [0.29, 0.717) is 36.8 Å². The van der Waals surface area contributed by atoms with E-state index in [1.807, 2.05) is 0 Å². The van der Waals surface area contributed by atoms with E-state index in [1.54, 1.807) is 48.5 Å². The summed E-state index contributed by atoms with van der Waals surface area (Å²) in [6, 6.07) is 15.1. The molecule has 0 unspecified atom stereocenters. The number of hydrogen-bond acceptors (Lipinski definition) is 2. The largest absolute Gasteiger partial charge is 0.298 e. The predicted molar refractivity (Wildman–Crippen MR) is 82.0 cm³/mol. The van der Waals surface area contributed by atoms with Crippen LogP contribution in [0.2, 0.25) is 0 Å². The molecule has 0 radical (unpaired) electrons. The Hall–Kier alpha value is -1.76. The number of halogens is 1. The molecule has 1 saturated heterocycles. The summed E-state index contributed by atoms with van der Waals surface area (Å²) in [5, 5.41) is 0. The van der Waals surface area contributed by atoms with Crippen molar-refractivity contribution in [2.45, 2.75) is 4.90 Å². The first-order valence-electron chi connectivity index (χ1n) is 7.24. The number of hydrogen-bond donors (Lipinski definition) is 1. The lowest BCUT2D eigenvalue weighted by atomic mass is 10.2. The molecule has 4 nitrogen and oxygen atoms in total. The standard InChI is InChI=1S/C16H17FN2O2S/c17-15-8-4-5-9-16(15)18-10-12-19(13-11-18)22(20,21)14-6-2-1-3-7-14/h1-9H,10-13H2/p+1.